The van der Waals surface area contributed by atoms with Crippen LogP contribution in [0.5, 0.6) is 5.75 Å². The minimum Gasteiger partial charge on any atom is -0.496 e. The number of alkyl halides is 1. The smallest absolute Gasteiger partial charge is 0.122 e. The van der Waals surface area contributed by atoms with Crippen molar-refractivity contribution in [2.24, 2.45) is 5.92 Å². The summed E-state index contributed by atoms with van der Waals surface area (Å²) in [5.74, 6) is 1.61. The van der Waals surface area contributed by atoms with E-state index >= 15 is 0 Å². The van der Waals surface area contributed by atoms with Crippen LogP contribution < -0.4 is 4.74 Å². The van der Waals surface area contributed by atoms with Gasteiger partial charge in [0, 0.05) is 4.83 Å². The van der Waals surface area contributed by atoms with Gasteiger partial charge >= 0.3 is 0 Å². The lowest BCUT2D eigenvalue weighted by Crippen LogP contribution is -2.07. The molecular weight excluding hydrogens is 312 g/mol. The summed E-state index contributed by atoms with van der Waals surface area (Å²) in [6, 6.07) is 15.2. The molecule has 0 saturated heterocycles. The third-order valence-corrected chi connectivity index (χ3v) is 5.41. The maximum atomic E-state index is 5.51. The lowest BCUT2D eigenvalue weighted by atomic mass is 9.95. The van der Waals surface area contributed by atoms with Crippen molar-refractivity contribution in [2.75, 3.05) is 7.11 Å². The Morgan fingerprint density at radius 1 is 1.20 bits per heavy atom. The van der Waals surface area contributed by atoms with E-state index in [1.807, 2.05) is 0 Å². The van der Waals surface area contributed by atoms with Gasteiger partial charge in [-0.3, -0.25) is 0 Å². The zero-order valence-electron chi connectivity index (χ0n) is 11.9. The summed E-state index contributed by atoms with van der Waals surface area (Å²) in [6.07, 6.45) is 2.19. The van der Waals surface area contributed by atoms with Gasteiger partial charge < -0.3 is 4.74 Å². The molecule has 0 fully saturated rings. The second-order valence-corrected chi connectivity index (χ2v) is 6.57. The quantitative estimate of drug-likeness (QED) is 0.730. The van der Waals surface area contributed by atoms with Crippen molar-refractivity contribution in [2.45, 2.75) is 24.6 Å². The number of hydrogen-bond donors (Lipinski definition) is 0. The second kappa shape index (κ2) is 5.61. The summed E-state index contributed by atoms with van der Waals surface area (Å²) in [4.78, 5) is 0.448. The maximum absolute atomic E-state index is 5.51. The highest BCUT2D eigenvalue weighted by Crippen LogP contribution is 2.44. The highest BCUT2D eigenvalue weighted by atomic mass is 79.9. The predicted octanol–water partition coefficient (Wildman–Crippen LogP) is 4.85. The summed E-state index contributed by atoms with van der Waals surface area (Å²) in [5, 5.41) is 0. The molecule has 104 valence electrons. The average Bonchev–Trinajstić information content (AvgIpc) is 2.76. The minimum atomic E-state index is 0.448. The van der Waals surface area contributed by atoms with Crippen LogP contribution in [0.1, 0.15) is 27.1 Å². The van der Waals surface area contributed by atoms with Crippen molar-refractivity contribution >= 4 is 15.9 Å². The van der Waals surface area contributed by atoms with E-state index < -0.39 is 0 Å². The molecule has 1 aliphatic rings. The molecule has 2 aromatic carbocycles. The van der Waals surface area contributed by atoms with E-state index in [0.29, 0.717) is 10.7 Å². The highest BCUT2D eigenvalue weighted by molar-refractivity contribution is 9.09. The van der Waals surface area contributed by atoms with E-state index in [4.69, 9.17) is 4.74 Å². The lowest BCUT2D eigenvalue weighted by molar-refractivity contribution is 0.404. The number of halogens is 1. The molecule has 3 rings (SSSR count). The van der Waals surface area contributed by atoms with E-state index in [9.17, 15) is 0 Å². The molecule has 1 aliphatic carbocycles. The molecule has 20 heavy (non-hydrogen) atoms. The van der Waals surface area contributed by atoms with E-state index in [1.165, 1.54) is 22.3 Å². The number of ether oxygens (including phenoxy) is 1. The minimum absolute atomic E-state index is 0.448. The maximum Gasteiger partial charge on any atom is 0.122 e. The number of aryl methyl sites for hydroxylation is 1. The summed E-state index contributed by atoms with van der Waals surface area (Å²) >= 11 is 3.89. The Morgan fingerprint density at radius 3 is 2.75 bits per heavy atom. The van der Waals surface area contributed by atoms with Gasteiger partial charge in [-0.1, -0.05) is 57.9 Å². The Kier molecular flexibility index (Phi) is 3.84. The molecular formula is C18H19BrO. The largest absolute Gasteiger partial charge is 0.496 e. The monoisotopic (exact) mass is 330 g/mol. The SMILES string of the molecule is COc1ccc(C)cc1CC1Cc2ccccc2C1Br. The van der Waals surface area contributed by atoms with Crippen LogP contribution in [-0.4, -0.2) is 7.11 Å². The first kappa shape index (κ1) is 13.7. The molecule has 0 N–H and O–H groups in total. The van der Waals surface area contributed by atoms with Crippen LogP contribution in [-0.2, 0) is 12.8 Å². The van der Waals surface area contributed by atoms with Crippen molar-refractivity contribution in [1.29, 1.82) is 0 Å². The molecule has 0 aliphatic heterocycles. The highest BCUT2D eigenvalue weighted by Gasteiger charge is 2.30. The molecule has 0 bridgehead atoms. The van der Waals surface area contributed by atoms with Crippen molar-refractivity contribution < 1.29 is 4.74 Å². The first-order valence-electron chi connectivity index (χ1n) is 7.04. The molecule has 0 aromatic heterocycles. The number of hydrogen-bond acceptors (Lipinski definition) is 1. The molecule has 0 spiro atoms. The Morgan fingerprint density at radius 2 is 2.00 bits per heavy atom. The topological polar surface area (TPSA) is 9.23 Å². The van der Waals surface area contributed by atoms with Crippen LogP contribution in [0.15, 0.2) is 42.5 Å². The summed E-state index contributed by atoms with van der Waals surface area (Å²) < 4.78 is 5.51. The van der Waals surface area contributed by atoms with Crippen molar-refractivity contribution in [3.63, 3.8) is 0 Å². The van der Waals surface area contributed by atoms with Crippen molar-refractivity contribution in [3.05, 3.63) is 64.7 Å². The van der Waals surface area contributed by atoms with Gasteiger partial charge in [0.05, 0.1) is 7.11 Å². The van der Waals surface area contributed by atoms with Gasteiger partial charge in [0.15, 0.2) is 0 Å². The number of rotatable bonds is 3. The van der Waals surface area contributed by atoms with E-state index in [1.54, 1.807) is 7.11 Å². The normalized spacial score (nSPS) is 20.8. The fourth-order valence-corrected chi connectivity index (χ4v) is 3.97. The summed E-state index contributed by atoms with van der Waals surface area (Å²) in [6.45, 7) is 2.14. The molecule has 1 nitrogen and oxygen atoms in total. The van der Waals surface area contributed by atoms with Crippen LogP contribution in [0.2, 0.25) is 0 Å². The van der Waals surface area contributed by atoms with E-state index in [-0.39, 0.29) is 0 Å². The second-order valence-electron chi connectivity index (χ2n) is 5.58. The van der Waals surface area contributed by atoms with E-state index in [0.717, 1.165) is 18.6 Å². The standard InChI is InChI=1S/C18H19BrO/c1-12-7-8-17(20-2)14(9-12)11-15-10-13-5-3-4-6-16(13)18(15)19/h3-9,15,18H,10-11H2,1-2H3. The average molecular weight is 331 g/mol. The molecule has 2 atom stereocenters. The summed E-state index contributed by atoms with van der Waals surface area (Å²) in [7, 11) is 1.75. The van der Waals surface area contributed by atoms with Gasteiger partial charge in [-0.15, -0.1) is 0 Å². The van der Waals surface area contributed by atoms with Gasteiger partial charge in [0.1, 0.15) is 5.75 Å². The van der Waals surface area contributed by atoms with Crippen LogP contribution in [0, 0.1) is 12.8 Å². The molecule has 0 amide bonds. The Hall–Kier alpha value is -1.28. The van der Waals surface area contributed by atoms with Crippen molar-refractivity contribution in [1.82, 2.24) is 0 Å². The Bertz CT molecular complexity index is 621. The predicted molar refractivity (Wildman–Crippen MR) is 86.7 cm³/mol. The molecule has 2 heteroatoms. The van der Waals surface area contributed by atoms with E-state index in [2.05, 4.69) is 65.3 Å². The molecule has 0 saturated carbocycles. The first-order chi connectivity index (χ1) is 9.69. The van der Waals surface area contributed by atoms with Crippen LogP contribution in [0.3, 0.4) is 0 Å². The number of fused-ring (bicyclic) bond motifs is 1. The lowest BCUT2D eigenvalue weighted by Gasteiger charge is -2.17. The van der Waals surface area contributed by atoms with Crippen molar-refractivity contribution in [3.8, 4) is 5.75 Å². The molecule has 0 radical (unpaired) electrons. The molecule has 2 unspecified atom stereocenters. The fraction of sp³-hybridized carbons (Fsp3) is 0.333. The first-order valence-corrected chi connectivity index (χ1v) is 7.96. The van der Waals surface area contributed by atoms with Gasteiger partial charge in [-0.05, 0) is 48.4 Å². The molecule has 0 heterocycles. The van der Waals surface area contributed by atoms with Gasteiger partial charge in [0.2, 0.25) is 0 Å². The van der Waals surface area contributed by atoms with Gasteiger partial charge in [-0.25, -0.2) is 0 Å². The Balaban J connectivity index is 1.85. The van der Waals surface area contributed by atoms with Gasteiger partial charge in [-0.2, -0.15) is 0 Å². The molecule has 2 aromatic rings. The summed E-state index contributed by atoms with van der Waals surface area (Å²) in [5.41, 5.74) is 5.53. The third kappa shape index (κ3) is 2.49. The number of methoxy groups -OCH3 is 1. The Labute approximate surface area is 129 Å². The van der Waals surface area contributed by atoms with Crippen LogP contribution in [0.25, 0.3) is 0 Å². The fourth-order valence-electron chi connectivity index (χ4n) is 3.15. The number of benzene rings is 2. The van der Waals surface area contributed by atoms with Gasteiger partial charge in [0.25, 0.3) is 0 Å². The van der Waals surface area contributed by atoms with Crippen LogP contribution >= 0.6 is 15.9 Å². The third-order valence-electron chi connectivity index (χ3n) is 4.17. The zero-order valence-corrected chi connectivity index (χ0v) is 13.5. The van der Waals surface area contributed by atoms with Crippen LogP contribution in [0.4, 0.5) is 0 Å². The zero-order chi connectivity index (χ0) is 14.1.